The predicted octanol–water partition coefficient (Wildman–Crippen LogP) is 8.09. The highest BCUT2D eigenvalue weighted by Crippen LogP contribution is 2.38. The highest BCUT2D eigenvalue weighted by atomic mass is 127. The molecule has 0 aliphatic carbocycles. The number of halogens is 1. The van der Waals surface area contributed by atoms with Crippen molar-refractivity contribution >= 4 is 62.3 Å². The molecule has 4 aromatic carbocycles. The van der Waals surface area contributed by atoms with Gasteiger partial charge in [0, 0.05) is 6.54 Å². The van der Waals surface area contributed by atoms with Gasteiger partial charge in [-0.1, -0.05) is 66.7 Å². The second-order valence-corrected chi connectivity index (χ2v) is 11.3. The number of nitrogens with zero attached hydrogens (tertiary/aromatic N) is 1. The van der Waals surface area contributed by atoms with Gasteiger partial charge < -0.3 is 9.47 Å². The van der Waals surface area contributed by atoms with Crippen molar-refractivity contribution in [2.75, 3.05) is 13.2 Å². The summed E-state index contributed by atoms with van der Waals surface area (Å²) in [5, 5.41) is 2.13. The zero-order valence-corrected chi connectivity index (χ0v) is 24.5. The number of benzene rings is 4. The number of thioether (sulfide) groups is 1. The summed E-state index contributed by atoms with van der Waals surface area (Å²) in [6.07, 6.45) is 3.31. The lowest BCUT2D eigenvalue weighted by Gasteiger charge is -2.15. The maximum absolute atomic E-state index is 13.0. The van der Waals surface area contributed by atoms with Gasteiger partial charge in [0.25, 0.3) is 11.1 Å². The standard InChI is InChI=1S/C32H28INO4S/c1-2-37-28-19-24(18-27(33)30(28)38-21-23-14-15-25-12-6-7-13-26(25)17-23)20-29-31(35)34(32(36)39-29)16-8-11-22-9-4-3-5-10-22/h3-7,9-10,12-15,17-20H,2,8,11,16,21H2,1H3/b29-20+. The Morgan fingerprint density at radius 1 is 0.872 bits per heavy atom. The molecule has 0 saturated carbocycles. The molecule has 0 radical (unpaired) electrons. The summed E-state index contributed by atoms with van der Waals surface area (Å²) >= 11 is 3.21. The van der Waals surface area contributed by atoms with Crippen molar-refractivity contribution in [1.29, 1.82) is 0 Å². The van der Waals surface area contributed by atoms with Gasteiger partial charge in [0.1, 0.15) is 6.61 Å². The zero-order valence-electron chi connectivity index (χ0n) is 21.6. The van der Waals surface area contributed by atoms with Crippen LogP contribution in [0, 0.1) is 3.57 Å². The fraction of sp³-hybridized carbons (Fsp3) is 0.188. The van der Waals surface area contributed by atoms with Crippen molar-refractivity contribution in [1.82, 2.24) is 4.90 Å². The first kappa shape index (κ1) is 27.3. The molecule has 5 nitrogen and oxygen atoms in total. The quantitative estimate of drug-likeness (QED) is 0.128. The van der Waals surface area contributed by atoms with E-state index in [9.17, 15) is 9.59 Å². The Balaban J connectivity index is 1.29. The summed E-state index contributed by atoms with van der Waals surface area (Å²) in [6, 6.07) is 28.4. The van der Waals surface area contributed by atoms with Crippen LogP contribution in [-0.4, -0.2) is 29.2 Å². The van der Waals surface area contributed by atoms with Crippen LogP contribution in [0.2, 0.25) is 0 Å². The molecule has 0 atom stereocenters. The lowest BCUT2D eigenvalue weighted by Crippen LogP contribution is -2.29. The third kappa shape index (κ3) is 6.65. The Hall–Kier alpha value is -3.30. The van der Waals surface area contributed by atoms with Gasteiger partial charge in [-0.2, -0.15) is 0 Å². The van der Waals surface area contributed by atoms with E-state index < -0.39 is 0 Å². The average Bonchev–Trinajstić information content (AvgIpc) is 3.20. The predicted molar refractivity (Wildman–Crippen MR) is 166 cm³/mol. The first-order valence-corrected chi connectivity index (χ1v) is 14.8. The molecule has 198 valence electrons. The van der Waals surface area contributed by atoms with E-state index >= 15 is 0 Å². The molecule has 0 spiro atoms. The van der Waals surface area contributed by atoms with Crippen molar-refractivity contribution in [3.05, 3.63) is 110 Å². The number of imide groups is 1. The Labute approximate surface area is 246 Å². The van der Waals surface area contributed by atoms with E-state index in [0.29, 0.717) is 36.2 Å². The Bertz CT molecular complexity index is 1540. The molecular formula is C32H28INO4S. The second-order valence-electron chi connectivity index (χ2n) is 9.16. The normalized spacial score (nSPS) is 14.4. The van der Waals surface area contributed by atoms with Gasteiger partial charge in [-0.05, 0) is 106 Å². The average molecular weight is 650 g/mol. The minimum atomic E-state index is -0.248. The molecule has 39 heavy (non-hydrogen) atoms. The SMILES string of the molecule is CCOc1cc(/C=C2/SC(=O)N(CCCc3ccccc3)C2=O)cc(I)c1OCc1ccc2ccccc2c1. The third-order valence-corrected chi connectivity index (χ3v) is 8.10. The molecule has 2 amide bonds. The largest absolute Gasteiger partial charge is 0.490 e. The number of aryl methyl sites for hydroxylation is 1. The monoisotopic (exact) mass is 649 g/mol. The minimum Gasteiger partial charge on any atom is -0.490 e. The molecule has 0 N–H and O–H groups in total. The fourth-order valence-corrected chi connectivity index (χ4v) is 6.13. The zero-order chi connectivity index (χ0) is 27.2. The molecule has 5 rings (SSSR count). The van der Waals surface area contributed by atoms with Gasteiger partial charge in [-0.3, -0.25) is 14.5 Å². The molecule has 1 aliphatic heterocycles. The van der Waals surface area contributed by atoms with Crippen molar-refractivity contribution < 1.29 is 19.1 Å². The van der Waals surface area contributed by atoms with Gasteiger partial charge in [-0.25, -0.2) is 0 Å². The van der Waals surface area contributed by atoms with E-state index in [1.165, 1.54) is 21.2 Å². The summed E-state index contributed by atoms with van der Waals surface area (Å²) in [4.78, 5) is 27.4. The first-order valence-electron chi connectivity index (χ1n) is 12.9. The number of hydrogen-bond donors (Lipinski definition) is 0. The fourth-order valence-electron chi connectivity index (χ4n) is 4.49. The van der Waals surface area contributed by atoms with Crippen LogP contribution < -0.4 is 9.47 Å². The van der Waals surface area contributed by atoms with E-state index in [2.05, 4.69) is 65.1 Å². The minimum absolute atomic E-state index is 0.227. The molecule has 0 unspecified atom stereocenters. The molecule has 1 saturated heterocycles. The number of fused-ring (bicyclic) bond motifs is 1. The van der Waals surface area contributed by atoms with Gasteiger partial charge in [0.15, 0.2) is 11.5 Å². The molecule has 1 fully saturated rings. The number of ether oxygens (including phenoxy) is 2. The maximum atomic E-state index is 13.0. The number of rotatable bonds is 10. The van der Waals surface area contributed by atoms with Crippen molar-refractivity contribution in [3.63, 3.8) is 0 Å². The van der Waals surface area contributed by atoms with Crippen LogP contribution in [0.1, 0.15) is 30.0 Å². The topological polar surface area (TPSA) is 55.8 Å². The second kappa shape index (κ2) is 12.7. The van der Waals surface area contributed by atoms with E-state index in [4.69, 9.17) is 9.47 Å². The number of carbonyl (C=O) groups is 2. The summed E-state index contributed by atoms with van der Waals surface area (Å²) < 4.78 is 13.0. The lowest BCUT2D eigenvalue weighted by atomic mass is 10.1. The van der Waals surface area contributed by atoms with Gasteiger partial charge in [0.05, 0.1) is 15.1 Å². The summed E-state index contributed by atoms with van der Waals surface area (Å²) in [5.41, 5.74) is 3.05. The maximum Gasteiger partial charge on any atom is 0.293 e. The van der Waals surface area contributed by atoms with Crippen LogP contribution in [0.15, 0.2) is 89.8 Å². The van der Waals surface area contributed by atoms with Gasteiger partial charge in [0.2, 0.25) is 0 Å². The Morgan fingerprint density at radius 2 is 1.64 bits per heavy atom. The van der Waals surface area contributed by atoms with E-state index in [-0.39, 0.29) is 11.1 Å². The first-order chi connectivity index (χ1) is 19.0. The number of hydrogen-bond acceptors (Lipinski definition) is 5. The van der Waals surface area contributed by atoms with Crippen LogP contribution in [0.4, 0.5) is 4.79 Å². The summed E-state index contributed by atoms with van der Waals surface area (Å²) in [5.74, 6) is 1.03. The van der Waals surface area contributed by atoms with E-state index in [1.807, 2.05) is 49.4 Å². The Kier molecular flexibility index (Phi) is 8.88. The summed E-state index contributed by atoms with van der Waals surface area (Å²) in [6.45, 7) is 3.21. The molecule has 1 heterocycles. The van der Waals surface area contributed by atoms with Crippen LogP contribution >= 0.6 is 34.4 Å². The highest BCUT2D eigenvalue weighted by molar-refractivity contribution is 14.1. The molecule has 7 heteroatoms. The van der Waals surface area contributed by atoms with Gasteiger partial charge >= 0.3 is 0 Å². The van der Waals surface area contributed by atoms with Gasteiger partial charge in [-0.15, -0.1) is 0 Å². The van der Waals surface area contributed by atoms with Crippen molar-refractivity contribution in [2.45, 2.75) is 26.4 Å². The van der Waals surface area contributed by atoms with Crippen molar-refractivity contribution in [2.24, 2.45) is 0 Å². The molecule has 0 aromatic heterocycles. The number of carbonyl (C=O) groups excluding carboxylic acids is 2. The lowest BCUT2D eigenvalue weighted by molar-refractivity contribution is -0.122. The van der Waals surface area contributed by atoms with E-state index in [1.54, 1.807) is 6.08 Å². The van der Waals surface area contributed by atoms with E-state index in [0.717, 1.165) is 39.3 Å². The third-order valence-electron chi connectivity index (χ3n) is 6.39. The Morgan fingerprint density at radius 3 is 2.44 bits per heavy atom. The van der Waals surface area contributed by atoms with Crippen LogP contribution in [0.5, 0.6) is 11.5 Å². The smallest absolute Gasteiger partial charge is 0.293 e. The molecule has 0 bridgehead atoms. The number of amides is 2. The molecule has 4 aromatic rings. The van der Waals surface area contributed by atoms with Crippen LogP contribution in [0.3, 0.4) is 0 Å². The molecular weight excluding hydrogens is 621 g/mol. The van der Waals surface area contributed by atoms with Crippen LogP contribution in [0.25, 0.3) is 16.8 Å². The highest BCUT2D eigenvalue weighted by Gasteiger charge is 2.34. The van der Waals surface area contributed by atoms with Crippen LogP contribution in [-0.2, 0) is 17.8 Å². The molecule has 1 aliphatic rings. The summed E-state index contributed by atoms with van der Waals surface area (Å²) in [7, 11) is 0. The van der Waals surface area contributed by atoms with Crippen molar-refractivity contribution in [3.8, 4) is 11.5 Å².